The molecule has 19 heavy (non-hydrogen) atoms. The molecule has 0 radical (unpaired) electrons. The molecular formula is C15H17N3O. The number of rotatable bonds is 2. The molecule has 2 heterocycles. The number of hydrogen-bond donors (Lipinski definition) is 2. The SMILES string of the molecule is Cc1cc(N)cnc1NC1CCOc2ccccc21. The molecule has 4 nitrogen and oxygen atoms in total. The van der Waals surface area contributed by atoms with E-state index in [1.165, 1.54) is 5.56 Å². The van der Waals surface area contributed by atoms with Crippen molar-refractivity contribution in [1.82, 2.24) is 4.98 Å². The van der Waals surface area contributed by atoms with Crippen molar-refractivity contribution in [3.05, 3.63) is 47.7 Å². The number of aromatic nitrogens is 1. The Labute approximate surface area is 112 Å². The Hall–Kier alpha value is -2.23. The summed E-state index contributed by atoms with van der Waals surface area (Å²) in [5, 5.41) is 3.49. The minimum absolute atomic E-state index is 0.236. The molecule has 1 aliphatic heterocycles. The highest BCUT2D eigenvalue weighted by Gasteiger charge is 2.21. The number of ether oxygens (including phenoxy) is 1. The summed E-state index contributed by atoms with van der Waals surface area (Å²) in [6.45, 7) is 2.74. The lowest BCUT2D eigenvalue weighted by Gasteiger charge is -2.27. The van der Waals surface area contributed by atoms with Gasteiger partial charge in [0.2, 0.25) is 0 Å². The highest BCUT2D eigenvalue weighted by molar-refractivity contribution is 5.53. The molecule has 98 valence electrons. The van der Waals surface area contributed by atoms with Gasteiger partial charge in [0.1, 0.15) is 11.6 Å². The highest BCUT2D eigenvalue weighted by Crippen LogP contribution is 2.34. The monoisotopic (exact) mass is 255 g/mol. The summed E-state index contributed by atoms with van der Waals surface area (Å²) in [5.41, 5.74) is 8.66. The van der Waals surface area contributed by atoms with E-state index < -0.39 is 0 Å². The van der Waals surface area contributed by atoms with Crippen LogP contribution in [0.2, 0.25) is 0 Å². The summed E-state index contributed by atoms with van der Waals surface area (Å²) in [7, 11) is 0. The van der Waals surface area contributed by atoms with Crippen LogP contribution in [-0.4, -0.2) is 11.6 Å². The van der Waals surface area contributed by atoms with Gasteiger partial charge in [-0.15, -0.1) is 0 Å². The second-order valence-electron chi connectivity index (χ2n) is 4.81. The van der Waals surface area contributed by atoms with Crippen molar-refractivity contribution in [2.45, 2.75) is 19.4 Å². The fourth-order valence-electron chi connectivity index (χ4n) is 2.40. The van der Waals surface area contributed by atoms with E-state index in [2.05, 4.69) is 16.4 Å². The van der Waals surface area contributed by atoms with Crippen LogP contribution < -0.4 is 15.8 Å². The maximum Gasteiger partial charge on any atom is 0.129 e. The average Bonchev–Trinajstić information content (AvgIpc) is 2.42. The zero-order chi connectivity index (χ0) is 13.2. The zero-order valence-electron chi connectivity index (χ0n) is 10.9. The van der Waals surface area contributed by atoms with E-state index in [-0.39, 0.29) is 6.04 Å². The summed E-state index contributed by atoms with van der Waals surface area (Å²) in [6, 6.07) is 10.3. The first-order valence-corrected chi connectivity index (χ1v) is 6.44. The largest absolute Gasteiger partial charge is 0.493 e. The number of benzene rings is 1. The third-order valence-corrected chi connectivity index (χ3v) is 3.37. The van der Waals surface area contributed by atoms with Gasteiger partial charge < -0.3 is 15.8 Å². The molecule has 3 N–H and O–H groups in total. The Morgan fingerprint density at radius 3 is 3.05 bits per heavy atom. The molecule has 0 spiro atoms. The Morgan fingerprint density at radius 1 is 1.37 bits per heavy atom. The summed E-state index contributed by atoms with van der Waals surface area (Å²) in [6.07, 6.45) is 2.61. The lowest BCUT2D eigenvalue weighted by atomic mass is 10.0. The van der Waals surface area contributed by atoms with Gasteiger partial charge in [-0.2, -0.15) is 0 Å². The maximum atomic E-state index is 5.73. The zero-order valence-corrected chi connectivity index (χ0v) is 10.9. The summed E-state index contributed by atoms with van der Waals surface area (Å²) in [5.74, 6) is 1.84. The van der Waals surface area contributed by atoms with Gasteiger partial charge in [-0.3, -0.25) is 0 Å². The third-order valence-electron chi connectivity index (χ3n) is 3.37. The number of aryl methyl sites for hydroxylation is 1. The van der Waals surface area contributed by atoms with E-state index in [1.54, 1.807) is 6.20 Å². The van der Waals surface area contributed by atoms with Gasteiger partial charge in [-0.25, -0.2) is 4.98 Å². The Kier molecular flexibility index (Phi) is 2.99. The molecule has 0 saturated heterocycles. The molecular weight excluding hydrogens is 238 g/mol. The van der Waals surface area contributed by atoms with Gasteiger partial charge in [0.25, 0.3) is 0 Å². The number of nitrogens with one attached hydrogen (secondary N) is 1. The predicted molar refractivity (Wildman–Crippen MR) is 76.3 cm³/mol. The average molecular weight is 255 g/mol. The fourth-order valence-corrected chi connectivity index (χ4v) is 2.40. The summed E-state index contributed by atoms with van der Waals surface area (Å²) in [4.78, 5) is 4.37. The van der Waals surface area contributed by atoms with E-state index in [1.807, 2.05) is 31.2 Å². The van der Waals surface area contributed by atoms with Crippen molar-refractivity contribution in [2.24, 2.45) is 0 Å². The lowest BCUT2D eigenvalue weighted by molar-refractivity contribution is 0.274. The molecule has 0 aliphatic carbocycles. The molecule has 0 fully saturated rings. The van der Waals surface area contributed by atoms with Crippen molar-refractivity contribution in [3.8, 4) is 5.75 Å². The second-order valence-corrected chi connectivity index (χ2v) is 4.81. The Bertz CT molecular complexity index is 598. The molecule has 0 saturated carbocycles. The van der Waals surface area contributed by atoms with Crippen LogP contribution in [0.15, 0.2) is 36.5 Å². The normalized spacial score (nSPS) is 17.4. The van der Waals surface area contributed by atoms with Crippen LogP contribution in [0.5, 0.6) is 5.75 Å². The minimum atomic E-state index is 0.236. The summed E-state index contributed by atoms with van der Waals surface area (Å²) >= 11 is 0. The molecule has 0 amide bonds. The first-order chi connectivity index (χ1) is 9.24. The molecule has 1 aromatic carbocycles. The van der Waals surface area contributed by atoms with Crippen molar-refractivity contribution in [2.75, 3.05) is 17.7 Å². The first-order valence-electron chi connectivity index (χ1n) is 6.44. The van der Waals surface area contributed by atoms with Gasteiger partial charge in [0.05, 0.1) is 24.5 Å². The molecule has 3 rings (SSSR count). The molecule has 0 bridgehead atoms. The molecule has 1 unspecified atom stereocenters. The van der Waals surface area contributed by atoms with Crippen LogP contribution >= 0.6 is 0 Å². The molecule has 1 aromatic heterocycles. The first kappa shape index (κ1) is 11.8. The maximum absolute atomic E-state index is 5.73. The van der Waals surface area contributed by atoms with Crippen LogP contribution in [0, 0.1) is 6.92 Å². The van der Waals surface area contributed by atoms with Crippen molar-refractivity contribution in [1.29, 1.82) is 0 Å². The minimum Gasteiger partial charge on any atom is -0.493 e. The number of para-hydroxylation sites is 1. The number of nitrogens with two attached hydrogens (primary N) is 1. The number of fused-ring (bicyclic) bond motifs is 1. The number of nitrogens with zero attached hydrogens (tertiary/aromatic N) is 1. The lowest BCUT2D eigenvalue weighted by Crippen LogP contribution is -2.21. The van der Waals surface area contributed by atoms with Crippen LogP contribution in [0.4, 0.5) is 11.5 Å². The summed E-state index contributed by atoms with van der Waals surface area (Å²) < 4.78 is 5.66. The van der Waals surface area contributed by atoms with Crippen molar-refractivity contribution in [3.63, 3.8) is 0 Å². The molecule has 1 aliphatic rings. The van der Waals surface area contributed by atoms with Crippen LogP contribution in [0.3, 0.4) is 0 Å². The van der Waals surface area contributed by atoms with Crippen LogP contribution in [0.25, 0.3) is 0 Å². The molecule has 2 aromatic rings. The van der Waals surface area contributed by atoms with Crippen molar-refractivity contribution < 1.29 is 4.74 Å². The topological polar surface area (TPSA) is 60.2 Å². The smallest absolute Gasteiger partial charge is 0.129 e. The van der Waals surface area contributed by atoms with E-state index >= 15 is 0 Å². The fraction of sp³-hybridized carbons (Fsp3) is 0.267. The number of nitrogen functional groups attached to an aromatic ring is 1. The van der Waals surface area contributed by atoms with Gasteiger partial charge in [0, 0.05) is 12.0 Å². The molecule has 4 heteroatoms. The van der Waals surface area contributed by atoms with Crippen molar-refractivity contribution >= 4 is 11.5 Å². The van der Waals surface area contributed by atoms with E-state index in [0.29, 0.717) is 5.69 Å². The van der Waals surface area contributed by atoms with Crippen LogP contribution in [-0.2, 0) is 0 Å². The van der Waals surface area contributed by atoms with Gasteiger partial charge in [-0.1, -0.05) is 18.2 Å². The van der Waals surface area contributed by atoms with Crippen LogP contribution in [0.1, 0.15) is 23.6 Å². The van der Waals surface area contributed by atoms with Gasteiger partial charge in [0.15, 0.2) is 0 Å². The molecule has 1 atom stereocenters. The predicted octanol–water partition coefficient (Wildman–Crippen LogP) is 2.91. The highest BCUT2D eigenvalue weighted by atomic mass is 16.5. The quantitative estimate of drug-likeness (QED) is 0.866. The van der Waals surface area contributed by atoms with Gasteiger partial charge >= 0.3 is 0 Å². The second kappa shape index (κ2) is 4.80. The number of pyridine rings is 1. The standard InChI is InChI=1S/C15H17N3O/c1-10-8-11(16)9-17-15(10)18-13-6-7-19-14-5-3-2-4-12(13)14/h2-5,8-9,13H,6-7,16H2,1H3,(H,17,18). The number of hydrogen-bond acceptors (Lipinski definition) is 4. The van der Waals surface area contributed by atoms with E-state index in [9.17, 15) is 0 Å². The van der Waals surface area contributed by atoms with E-state index in [0.717, 1.165) is 30.2 Å². The van der Waals surface area contributed by atoms with Gasteiger partial charge in [-0.05, 0) is 24.6 Å². The third kappa shape index (κ3) is 2.34. The Balaban J connectivity index is 1.88. The Morgan fingerprint density at radius 2 is 2.21 bits per heavy atom. The van der Waals surface area contributed by atoms with E-state index in [4.69, 9.17) is 10.5 Å². The number of anilines is 2.